The lowest BCUT2D eigenvalue weighted by molar-refractivity contribution is 0.0395. The fourth-order valence-electron chi connectivity index (χ4n) is 8.25. The Bertz CT molecular complexity index is 2050. The van der Waals surface area contributed by atoms with Crippen molar-refractivity contribution in [2.24, 2.45) is 0 Å². The highest BCUT2D eigenvalue weighted by Crippen LogP contribution is 2.52. The number of nitrogens with two attached hydrogens (primary N) is 1. The van der Waals surface area contributed by atoms with E-state index in [9.17, 15) is 14.0 Å². The molecule has 0 amide bonds. The highest BCUT2D eigenvalue weighted by atomic mass is 35.5. The number of alkyl halides is 1. The highest BCUT2D eigenvalue weighted by molar-refractivity contribution is 7.23. The van der Waals surface area contributed by atoms with Crippen LogP contribution in [0.5, 0.6) is 6.01 Å². The fraction of sp³-hybridized carbons (Fsp3) is 0.452. The Kier molecular flexibility index (Phi) is 7.32. The maximum Gasteiger partial charge on any atom is 0.318 e. The number of benzene rings is 2. The molecule has 48 heavy (non-hydrogen) atoms. The summed E-state index contributed by atoms with van der Waals surface area (Å²) in [6.45, 7) is 1.06. The van der Waals surface area contributed by atoms with Crippen molar-refractivity contribution in [3.63, 3.8) is 0 Å². The Labute approximate surface area is 289 Å². The molecular weight excluding hydrogens is 654 g/mol. The molecule has 0 spiro atoms. The minimum absolute atomic E-state index is 0.00662. The predicted molar refractivity (Wildman–Crippen MR) is 184 cm³/mol. The number of nitrogens with zero attached hydrogens (tertiary/aromatic N) is 5. The summed E-state index contributed by atoms with van der Waals surface area (Å²) in [4.78, 5) is 12.7. The van der Waals surface area contributed by atoms with Gasteiger partial charge >= 0.3 is 6.01 Å². The Morgan fingerprint density at radius 1 is 1.15 bits per heavy atom. The van der Waals surface area contributed by atoms with E-state index in [1.54, 1.807) is 6.07 Å². The molecule has 4 fully saturated rings. The third-order valence-corrected chi connectivity index (χ3v) is 11.8. The lowest BCUT2D eigenvalue weighted by Gasteiger charge is -2.49. The number of ether oxygens (including phenoxy) is 1. The third kappa shape index (κ3) is 4.67. The standard InChI is InChI=1S/C31H25B4ClF3N7OS/c32-30(33)6-5-29(8-13(37)10-46(29)30)31(34,35)47-28-43-24-17(27(44-28)45-11-14-1-2-15(12-45)42-14)7-19(36)22(23(24)39)16-3-4-20(38)25-21(16)18(9-40)26(41)48-25/h3-4,7,13-15,42H,1-2,5-6,8,10-12,41H2/t13-,14?,15?,29?/m1/s1. The Morgan fingerprint density at radius 2 is 1.88 bits per heavy atom. The number of piperazine rings is 1. The minimum Gasteiger partial charge on any atom is -0.475 e. The van der Waals surface area contributed by atoms with Crippen molar-refractivity contribution in [1.29, 1.82) is 5.26 Å². The normalized spacial score (nSPS) is 26.7. The maximum atomic E-state index is 17.1. The van der Waals surface area contributed by atoms with E-state index in [0.29, 0.717) is 24.3 Å². The van der Waals surface area contributed by atoms with Crippen LogP contribution in [0.2, 0.25) is 5.02 Å². The average molecular weight is 679 g/mol. The van der Waals surface area contributed by atoms with Crippen LogP contribution in [-0.2, 0) is 0 Å². The van der Waals surface area contributed by atoms with Crippen molar-refractivity contribution in [2.75, 3.05) is 30.3 Å². The summed E-state index contributed by atoms with van der Waals surface area (Å²) in [5.41, 5.74) is 4.66. The summed E-state index contributed by atoms with van der Waals surface area (Å²) >= 11 is 7.72. The van der Waals surface area contributed by atoms with Gasteiger partial charge in [0, 0.05) is 65.4 Å². The second-order valence-electron chi connectivity index (χ2n) is 13.4. The van der Waals surface area contributed by atoms with E-state index in [1.807, 2.05) is 11.0 Å². The minimum atomic E-state index is -2.09. The molecule has 17 heteroatoms. The lowest BCUT2D eigenvalue weighted by atomic mass is 9.52. The number of hydrogen-bond donors (Lipinski definition) is 2. The summed E-state index contributed by atoms with van der Waals surface area (Å²) in [5, 5.41) is 10.5. The van der Waals surface area contributed by atoms with Crippen LogP contribution in [0.3, 0.4) is 0 Å². The number of nitrogen functional groups attached to an aromatic ring is 1. The first-order valence-electron chi connectivity index (χ1n) is 15.6. The van der Waals surface area contributed by atoms with Crippen LogP contribution in [0.4, 0.5) is 24.0 Å². The number of aromatic nitrogens is 2. The van der Waals surface area contributed by atoms with Gasteiger partial charge in [-0.2, -0.15) is 15.2 Å². The lowest BCUT2D eigenvalue weighted by Crippen LogP contribution is -2.66. The third-order valence-electron chi connectivity index (χ3n) is 10.4. The number of rotatable bonds is 5. The first kappa shape index (κ1) is 32.1. The number of fused-ring (bicyclic) bond motifs is 5. The van der Waals surface area contributed by atoms with Gasteiger partial charge in [0.05, 0.1) is 31.0 Å². The van der Waals surface area contributed by atoms with Crippen LogP contribution in [0.15, 0.2) is 18.2 Å². The van der Waals surface area contributed by atoms with Gasteiger partial charge < -0.3 is 25.6 Å². The molecule has 8 nitrogen and oxygen atoms in total. The van der Waals surface area contributed by atoms with Gasteiger partial charge in [-0.25, -0.2) is 13.2 Å². The van der Waals surface area contributed by atoms with Crippen LogP contribution < -0.4 is 20.7 Å². The number of hydrogen-bond acceptors (Lipinski definition) is 9. The largest absolute Gasteiger partial charge is 0.475 e. The number of halogens is 4. The van der Waals surface area contributed by atoms with Gasteiger partial charge in [0.25, 0.3) is 0 Å². The number of anilines is 2. The zero-order chi connectivity index (χ0) is 33.9. The van der Waals surface area contributed by atoms with E-state index in [4.69, 9.17) is 58.4 Å². The van der Waals surface area contributed by atoms with Crippen molar-refractivity contribution in [1.82, 2.24) is 20.2 Å². The van der Waals surface area contributed by atoms with Gasteiger partial charge in [0.15, 0.2) is 5.82 Å². The summed E-state index contributed by atoms with van der Waals surface area (Å²) in [6, 6.07) is 6.11. The molecule has 0 aliphatic carbocycles. The molecule has 4 aliphatic heterocycles. The number of nitriles is 1. The van der Waals surface area contributed by atoms with Crippen molar-refractivity contribution in [3.05, 3.63) is 40.4 Å². The topological polar surface area (TPSA) is 103 Å². The summed E-state index contributed by atoms with van der Waals surface area (Å²) in [7, 11) is 26.0. The van der Waals surface area contributed by atoms with Crippen LogP contribution in [0.1, 0.15) is 37.7 Å². The maximum absolute atomic E-state index is 17.1. The molecule has 3 N–H and O–H groups in total. The van der Waals surface area contributed by atoms with Crippen molar-refractivity contribution in [3.8, 4) is 23.2 Å². The molecule has 0 saturated carbocycles. The molecular formula is C31H25B4ClF3N7OS. The van der Waals surface area contributed by atoms with E-state index < -0.39 is 34.1 Å². The van der Waals surface area contributed by atoms with Crippen molar-refractivity contribution >= 4 is 86.1 Å². The van der Waals surface area contributed by atoms with E-state index in [-0.39, 0.29) is 86.2 Å². The Morgan fingerprint density at radius 3 is 2.58 bits per heavy atom. The van der Waals surface area contributed by atoms with Crippen LogP contribution in [0, 0.1) is 23.0 Å². The van der Waals surface area contributed by atoms with E-state index in [2.05, 4.69) is 10.3 Å². The van der Waals surface area contributed by atoms with Crippen LogP contribution in [0.25, 0.3) is 32.1 Å². The number of nitrogens with one attached hydrogen (secondary N) is 1. The Hall–Kier alpha value is -3.11. The van der Waals surface area contributed by atoms with Crippen molar-refractivity contribution in [2.45, 2.75) is 66.6 Å². The average Bonchev–Trinajstić information content (AvgIpc) is 3.74. The summed E-state index contributed by atoms with van der Waals surface area (Å²) in [5.74, 6) is -1.12. The molecule has 8 radical (unpaired) electrons. The quantitative estimate of drug-likeness (QED) is 0.308. The second kappa shape index (κ2) is 10.9. The molecule has 4 aromatic rings. The molecule has 236 valence electrons. The highest BCUT2D eigenvalue weighted by Gasteiger charge is 2.62. The zero-order valence-electron chi connectivity index (χ0n) is 25.6. The molecule has 4 aliphatic rings. The molecule has 2 aromatic carbocycles. The molecule has 2 aromatic heterocycles. The molecule has 8 rings (SSSR count). The summed E-state index contributed by atoms with van der Waals surface area (Å²) < 4.78 is 53.1. The monoisotopic (exact) mass is 679 g/mol. The first-order valence-corrected chi connectivity index (χ1v) is 16.8. The van der Waals surface area contributed by atoms with Crippen molar-refractivity contribution < 1.29 is 17.9 Å². The van der Waals surface area contributed by atoms with Gasteiger partial charge in [-0.3, -0.25) is 0 Å². The van der Waals surface area contributed by atoms with Crippen LogP contribution >= 0.6 is 22.9 Å². The van der Waals surface area contributed by atoms with Gasteiger partial charge in [-0.15, -0.1) is 11.3 Å². The molecule has 4 saturated heterocycles. The Balaban J connectivity index is 1.32. The molecule has 4 atom stereocenters. The van der Waals surface area contributed by atoms with E-state index in [1.165, 1.54) is 17.0 Å². The molecule has 6 heterocycles. The SMILES string of the molecule is [B]C1([B])CCC2(C([B])([B])Oc3nc(N4CC5CCC(C4)N5)c4cc(Cl)c(-c5ccc(F)c6sc(N)c(C#N)c56)c(F)c4n3)C[C@@H](F)CN12. The molecule has 3 unspecified atom stereocenters. The van der Waals surface area contributed by atoms with Gasteiger partial charge in [-0.1, -0.05) is 23.0 Å². The van der Waals surface area contributed by atoms with E-state index >= 15 is 4.39 Å². The fourth-order valence-corrected chi connectivity index (χ4v) is 9.49. The number of thiophene rings is 1. The predicted octanol–water partition coefficient (Wildman–Crippen LogP) is 3.77. The van der Waals surface area contributed by atoms with Gasteiger partial charge in [-0.05, 0) is 43.4 Å². The summed E-state index contributed by atoms with van der Waals surface area (Å²) in [6.07, 6.45) is 1.07. The first-order chi connectivity index (χ1) is 22.7. The smallest absolute Gasteiger partial charge is 0.318 e. The van der Waals surface area contributed by atoms with Crippen LogP contribution in [-0.4, -0.2) is 100 Å². The van der Waals surface area contributed by atoms with E-state index in [0.717, 1.165) is 24.2 Å². The molecule has 2 bridgehead atoms. The zero-order valence-corrected chi connectivity index (χ0v) is 27.1. The second-order valence-corrected chi connectivity index (χ2v) is 14.9. The van der Waals surface area contributed by atoms with Gasteiger partial charge in [0.1, 0.15) is 50.1 Å². The van der Waals surface area contributed by atoms with Gasteiger partial charge in [0.2, 0.25) is 0 Å².